The van der Waals surface area contributed by atoms with E-state index in [1.165, 1.54) is 12.0 Å². The summed E-state index contributed by atoms with van der Waals surface area (Å²) >= 11 is 0. The lowest BCUT2D eigenvalue weighted by Gasteiger charge is -1.98. The molecule has 0 aromatic heterocycles. The SMILES string of the molecule is C=C/C=C(\C=C)C[C@H]1C[C@@H]1CO. The van der Waals surface area contributed by atoms with Crippen molar-refractivity contribution in [2.45, 2.75) is 12.8 Å². The lowest BCUT2D eigenvalue weighted by atomic mass is 10.1. The highest BCUT2D eigenvalue weighted by atomic mass is 16.3. The Morgan fingerprint density at radius 1 is 1.42 bits per heavy atom. The summed E-state index contributed by atoms with van der Waals surface area (Å²) in [7, 11) is 0. The molecular weight excluding hydrogens is 148 g/mol. The van der Waals surface area contributed by atoms with E-state index in [1.54, 1.807) is 6.08 Å². The zero-order chi connectivity index (χ0) is 8.97. The van der Waals surface area contributed by atoms with Crippen molar-refractivity contribution in [3.05, 3.63) is 37.0 Å². The second-order valence-corrected chi connectivity index (χ2v) is 3.32. The van der Waals surface area contributed by atoms with Gasteiger partial charge in [0.25, 0.3) is 0 Å². The van der Waals surface area contributed by atoms with Gasteiger partial charge in [0, 0.05) is 6.61 Å². The summed E-state index contributed by atoms with van der Waals surface area (Å²) in [6.45, 7) is 7.71. The molecule has 1 aliphatic carbocycles. The summed E-state index contributed by atoms with van der Waals surface area (Å²) in [5, 5.41) is 8.83. The molecule has 0 amide bonds. The molecular formula is C11H16O. The number of rotatable bonds is 5. The fourth-order valence-electron chi connectivity index (χ4n) is 1.46. The molecule has 0 radical (unpaired) electrons. The van der Waals surface area contributed by atoms with Crippen LogP contribution in [0, 0.1) is 11.8 Å². The van der Waals surface area contributed by atoms with Crippen molar-refractivity contribution in [1.82, 2.24) is 0 Å². The Balaban J connectivity index is 2.35. The summed E-state index contributed by atoms with van der Waals surface area (Å²) in [4.78, 5) is 0. The van der Waals surface area contributed by atoms with Crippen LogP contribution < -0.4 is 0 Å². The number of allylic oxidation sites excluding steroid dienone is 4. The van der Waals surface area contributed by atoms with E-state index >= 15 is 0 Å². The van der Waals surface area contributed by atoms with Crippen LogP contribution in [0.5, 0.6) is 0 Å². The maximum absolute atomic E-state index is 8.83. The molecule has 0 unspecified atom stereocenters. The molecule has 0 aliphatic heterocycles. The van der Waals surface area contributed by atoms with E-state index in [0.717, 1.165) is 6.42 Å². The minimum atomic E-state index is 0.336. The van der Waals surface area contributed by atoms with Crippen molar-refractivity contribution >= 4 is 0 Å². The molecule has 1 heteroatoms. The van der Waals surface area contributed by atoms with Crippen molar-refractivity contribution in [3.8, 4) is 0 Å². The Labute approximate surface area is 74.1 Å². The molecule has 1 N–H and O–H groups in total. The van der Waals surface area contributed by atoms with Crippen LogP contribution in [0.15, 0.2) is 37.0 Å². The molecule has 0 aromatic rings. The van der Waals surface area contributed by atoms with Gasteiger partial charge in [-0.1, -0.05) is 31.4 Å². The van der Waals surface area contributed by atoms with Gasteiger partial charge in [0.15, 0.2) is 0 Å². The van der Waals surface area contributed by atoms with Gasteiger partial charge in [0.05, 0.1) is 0 Å². The fraction of sp³-hybridized carbons (Fsp3) is 0.455. The normalized spacial score (nSPS) is 28.2. The van der Waals surface area contributed by atoms with Gasteiger partial charge in [0.2, 0.25) is 0 Å². The van der Waals surface area contributed by atoms with Gasteiger partial charge in [-0.2, -0.15) is 0 Å². The molecule has 0 aromatic carbocycles. The molecule has 1 fully saturated rings. The van der Waals surface area contributed by atoms with E-state index in [2.05, 4.69) is 13.2 Å². The van der Waals surface area contributed by atoms with Gasteiger partial charge in [-0.15, -0.1) is 0 Å². The topological polar surface area (TPSA) is 20.2 Å². The predicted octanol–water partition coefficient (Wildman–Crippen LogP) is 2.30. The standard InChI is InChI=1S/C11H16O/c1-3-5-9(4-2)6-10-7-11(10)8-12/h3-5,10-12H,1-2,6-8H2/b9-5+/t10-,11+/m0/s1. The van der Waals surface area contributed by atoms with Crippen LogP contribution in [0.1, 0.15) is 12.8 Å². The van der Waals surface area contributed by atoms with Crippen LogP contribution in [0.2, 0.25) is 0 Å². The second-order valence-electron chi connectivity index (χ2n) is 3.32. The number of aliphatic hydroxyl groups is 1. The number of hydrogen-bond acceptors (Lipinski definition) is 1. The largest absolute Gasteiger partial charge is 0.396 e. The van der Waals surface area contributed by atoms with Crippen LogP contribution in [0.3, 0.4) is 0 Å². The molecule has 0 heterocycles. The van der Waals surface area contributed by atoms with Crippen molar-refractivity contribution in [2.24, 2.45) is 11.8 Å². The molecule has 2 atom stereocenters. The van der Waals surface area contributed by atoms with E-state index in [0.29, 0.717) is 18.4 Å². The highest BCUT2D eigenvalue weighted by Gasteiger charge is 2.35. The van der Waals surface area contributed by atoms with Crippen LogP contribution in [0.25, 0.3) is 0 Å². The summed E-state index contributed by atoms with van der Waals surface area (Å²) in [5.41, 5.74) is 1.23. The molecule has 1 saturated carbocycles. The van der Waals surface area contributed by atoms with Crippen LogP contribution >= 0.6 is 0 Å². The van der Waals surface area contributed by atoms with E-state index in [9.17, 15) is 0 Å². The summed E-state index contributed by atoms with van der Waals surface area (Å²) < 4.78 is 0. The predicted molar refractivity (Wildman–Crippen MR) is 51.8 cm³/mol. The lowest BCUT2D eigenvalue weighted by molar-refractivity contribution is 0.269. The highest BCUT2D eigenvalue weighted by molar-refractivity contribution is 5.22. The summed E-state index contributed by atoms with van der Waals surface area (Å²) in [6.07, 6.45) is 7.85. The van der Waals surface area contributed by atoms with Crippen molar-refractivity contribution in [2.75, 3.05) is 6.61 Å². The Hall–Kier alpha value is -0.820. The molecule has 1 rings (SSSR count). The minimum Gasteiger partial charge on any atom is -0.396 e. The van der Waals surface area contributed by atoms with E-state index in [4.69, 9.17) is 5.11 Å². The van der Waals surface area contributed by atoms with Crippen LogP contribution in [-0.4, -0.2) is 11.7 Å². The van der Waals surface area contributed by atoms with Crippen molar-refractivity contribution in [1.29, 1.82) is 0 Å². The monoisotopic (exact) mass is 164 g/mol. The average Bonchev–Trinajstić information content (AvgIpc) is 2.82. The highest BCUT2D eigenvalue weighted by Crippen LogP contribution is 2.42. The third-order valence-electron chi connectivity index (χ3n) is 2.40. The first-order valence-electron chi connectivity index (χ1n) is 4.36. The van der Waals surface area contributed by atoms with Gasteiger partial charge in [-0.25, -0.2) is 0 Å². The zero-order valence-corrected chi connectivity index (χ0v) is 7.37. The second kappa shape index (κ2) is 4.27. The quantitative estimate of drug-likeness (QED) is 0.618. The Morgan fingerprint density at radius 3 is 2.58 bits per heavy atom. The third kappa shape index (κ3) is 2.35. The first-order chi connectivity index (χ1) is 5.81. The van der Waals surface area contributed by atoms with Gasteiger partial charge >= 0.3 is 0 Å². The molecule has 1 aliphatic rings. The smallest absolute Gasteiger partial charge is 0.0462 e. The number of hydrogen-bond donors (Lipinski definition) is 1. The first kappa shape index (κ1) is 9.27. The Morgan fingerprint density at radius 2 is 2.17 bits per heavy atom. The zero-order valence-electron chi connectivity index (χ0n) is 7.37. The lowest BCUT2D eigenvalue weighted by Crippen LogP contribution is -1.89. The molecule has 66 valence electrons. The maximum Gasteiger partial charge on any atom is 0.0462 e. The van der Waals surface area contributed by atoms with Crippen LogP contribution in [-0.2, 0) is 0 Å². The van der Waals surface area contributed by atoms with E-state index in [1.807, 2.05) is 12.2 Å². The molecule has 12 heavy (non-hydrogen) atoms. The van der Waals surface area contributed by atoms with Gasteiger partial charge in [-0.05, 0) is 30.3 Å². The van der Waals surface area contributed by atoms with E-state index < -0.39 is 0 Å². The Kier molecular flexibility index (Phi) is 3.30. The molecule has 0 bridgehead atoms. The maximum atomic E-state index is 8.83. The Bertz CT molecular complexity index is 203. The summed E-state index contributed by atoms with van der Waals surface area (Å²) in [5.74, 6) is 1.22. The molecule has 0 spiro atoms. The first-order valence-corrected chi connectivity index (χ1v) is 4.36. The fourth-order valence-corrected chi connectivity index (χ4v) is 1.46. The average molecular weight is 164 g/mol. The molecule has 1 nitrogen and oxygen atoms in total. The van der Waals surface area contributed by atoms with Gasteiger partial charge in [-0.3, -0.25) is 0 Å². The van der Waals surface area contributed by atoms with Crippen molar-refractivity contribution in [3.63, 3.8) is 0 Å². The minimum absolute atomic E-state index is 0.336. The third-order valence-corrected chi connectivity index (χ3v) is 2.40. The van der Waals surface area contributed by atoms with Crippen molar-refractivity contribution < 1.29 is 5.11 Å². The summed E-state index contributed by atoms with van der Waals surface area (Å²) in [6, 6.07) is 0. The van der Waals surface area contributed by atoms with Gasteiger partial charge in [0.1, 0.15) is 0 Å². The number of aliphatic hydroxyl groups excluding tert-OH is 1. The molecule has 0 saturated heterocycles. The van der Waals surface area contributed by atoms with Gasteiger partial charge < -0.3 is 5.11 Å². The van der Waals surface area contributed by atoms with Crippen LogP contribution in [0.4, 0.5) is 0 Å². The van der Waals surface area contributed by atoms with E-state index in [-0.39, 0.29) is 0 Å².